The van der Waals surface area contributed by atoms with Crippen molar-refractivity contribution in [2.24, 2.45) is 5.92 Å². The van der Waals surface area contributed by atoms with Gasteiger partial charge in [0.15, 0.2) is 9.84 Å². The number of amides is 1. The van der Waals surface area contributed by atoms with E-state index < -0.39 is 27.5 Å². The van der Waals surface area contributed by atoms with Crippen molar-refractivity contribution < 1.29 is 26.4 Å². The van der Waals surface area contributed by atoms with Crippen molar-refractivity contribution in [1.82, 2.24) is 4.90 Å². The summed E-state index contributed by atoms with van der Waals surface area (Å²) in [4.78, 5) is 15.8. The number of carbonyl (C=O) groups is 1. The van der Waals surface area contributed by atoms with Crippen LogP contribution >= 0.6 is 0 Å². The smallest absolute Gasteiger partial charge is 0.368 e. The summed E-state index contributed by atoms with van der Waals surface area (Å²) in [6.07, 6.45) is -4.03. The van der Waals surface area contributed by atoms with E-state index >= 15 is 0 Å². The fourth-order valence-corrected chi connectivity index (χ4v) is 5.04. The molecule has 1 amide bonds. The van der Waals surface area contributed by atoms with Gasteiger partial charge >= 0.3 is 6.18 Å². The lowest BCUT2D eigenvalue weighted by atomic mass is 10.1. The molecule has 0 spiro atoms. The number of sulfone groups is 1. The highest BCUT2D eigenvalue weighted by molar-refractivity contribution is 7.91. The van der Waals surface area contributed by atoms with Crippen LogP contribution < -0.4 is 4.90 Å². The minimum absolute atomic E-state index is 0.0492. The van der Waals surface area contributed by atoms with Crippen LogP contribution in [0.1, 0.15) is 12.0 Å². The number of halogens is 3. The normalized spacial score (nSPS) is 23.7. The second-order valence-corrected chi connectivity index (χ2v) is 8.69. The molecule has 0 saturated carbocycles. The van der Waals surface area contributed by atoms with Crippen LogP contribution in [0.3, 0.4) is 0 Å². The molecule has 9 heteroatoms. The zero-order valence-electron chi connectivity index (χ0n) is 13.5. The van der Waals surface area contributed by atoms with Gasteiger partial charge in [0.05, 0.1) is 23.0 Å². The van der Waals surface area contributed by atoms with Gasteiger partial charge in [0, 0.05) is 31.9 Å². The van der Waals surface area contributed by atoms with Crippen LogP contribution in [0, 0.1) is 5.92 Å². The molecule has 0 aliphatic carbocycles. The van der Waals surface area contributed by atoms with E-state index in [1.807, 2.05) is 4.90 Å². The zero-order valence-corrected chi connectivity index (χ0v) is 14.3. The Morgan fingerprint density at radius 1 is 1.12 bits per heavy atom. The summed E-state index contributed by atoms with van der Waals surface area (Å²) in [5.74, 6) is -0.692. The van der Waals surface area contributed by atoms with Gasteiger partial charge in [-0.05, 0) is 24.6 Å². The van der Waals surface area contributed by atoms with Gasteiger partial charge in [-0.15, -0.1) is 0 Å². The molecular weight excluding hydrogens is 357 g/mol. The zero-order chi connectivity index (χ0) is 18.2. The Morgan fingerprint density at radius 2 is 1.80 bits per heavy atom. The summed E-state index contributed by atoms with van der Waals surface area (Å²) in [6, 6.07) is 5.14. The first-order chi connectivity index (χ1) is 11.7. The summed E-state index contributed by atoms with van der Waals surface area (Å²) in [6.45, 7) is 1.61. The average Bonchev–Trinajstić information content (AvgIpc) is 2.94. The molecule has 1 atom stereocenters. The maximum atomic E-state index is 12.8. The number of carbonyl (C=O) groups excluding carboxylic acids is 1. The Kier molecular flexibility index (Phi) is 4.70. The average molecular weight is 376 g/mol. The molecule has 25 heavy (non-hydrogen) atoms. The van der Waals surface area contributed by atoms with Gasteiger partial charge in [0.1, 0.15) is 0 Å². The maximum absolute atomic E-state index is 12.8. The van der Waals surface area contributed by atoms with Gasteiger partial charge in [-0.1, -0.05) is 6.07 Å². The SMILES string of the molecule is O=C(C1CCS(=O)(=O)C1)N1CCN(c2cccc(C(F)(F)F)c2)CC1. The first-order valence-electron chi connectivity index (χ1n) is 8.07. The van der Waals surface area contributed by atoms with E-state index in [-0.39, 0.29) is 17.4 Å². The van der Waals surface area contributed by atoms with Crippen LogP contribution in [0.15, 0.2) is 24.3 Å². The van der Waals surface area contributed by atoms with E-state index in [2.05, 4.69) is 0 Å². The van der Waals surface area contributed by atoms with Crippen LogP contribution in [0.5, 0.6) is 0 Å². The van der Waals surface area contributed by atoms with Gasteiger partial charge in [-0.3, -0.25) is 4.79 Å². The van der Waals surface area contributed by atoms with Crippen molar-refractivity contribution >= 4 is 21.4 Å². The molecule has 1 aromatic rings. The molecule has 0 aromatic heterocycles. The van der Waals surface area contributed by atoms with Gasteiger partial charge in [-0.25, -0.2) is 8.42 Å². The largest absolute Gasteiger partial charge is 0.416 e. The van der Waals surface area contributed by atoms with Crippen molar-refractivity contribution in [3.05, 3.63) is 29.8 Å². The molecule has 3 rings (SSSR count). The Hall–Kier alpha value is -1.77. The molecule has 0 radical (unpaired) electrons. The molecule has 1 aromatic carbocycles. The third kappa shape index (κ3) is 4.08. The van der Waals surface area contributed by atoms with Crippen LogP contribution in [0.25, 0.3) is 0 Å². The van der Waals surface area contributed by atoms with E-state index in [1.54, 1.807) is 11.0 Å². The molecule has 0 N–H and O–H groups in total. The topological polar surface area (TPSA) is 57.7 Å². The summed E-state index contributed by atoms with van der Waals surface area (Å²) in [7, 11) is -3.12. The Balaban J connectivity index is 1.62. The highest BCUT2D eigenvalue weighted by Gasteiger charge is 2.36. The summed E-state index contributed by atoms with van der Waals surface area (Å²) in [5, 5.41) is 0. The van der Waals surface area contributed by atoms with Crippen molar-refractivity contribution in [1.29, 1.82) is 0 Å². The van der Waals surface area contributed by atoms with Crippen molar-refractivity contribution in [3.8, 4) is 0 Å². The van der Waals surface area contributed by atoms with Crippen molar-refractivity contribution in [2.45, 2.75) is 12.6 Å². The molecule has 0 bridgehead atoms. The third-order valence-electron chi connectivity index (χ3n) is 4.71. The number of piperazine rings is 1. The highest BCUT2D eigenvalue weighted by atomic mass is 32.2. The highest BCUT2D eigenvalue weighted by Crippen LogP contribution is 2.32. The Bertz CT molecular complexity index is 756. The van der Waals surface area contributed by atoms with Gasteiger partial charge in [0.2, 0.25) is 5.91 Å². The van der Waals surface area contributed by atoms with E-state index in [1.165, 1.54) is 6.07 Å². The summed E-state index contributed by atoms with van der Waals surface area (Å²) in [5.41, 5.74) is -0.218. The Morgan fingerprint density at radius 3 is 2.36 bits per heavy atom. The molecule has 2 aliphatic heterocycles. The van der Waals surface area contributed by atoms with E-state index in [4.69, 9.17) is 0 Å². The standard InChI is InChI=1S/C16H19F3N2O3S/c17-16(18,19)13-2-1-3-14(10-13)20-5-7-21(8-6-20)15(22)12-4-9-25(23,24)11-12/h1-3,10,12H,4-9,11H2. The maximum Gasteiger partial charge on any atom is 0.416 e. The summed E-state index contributed by atoms with van der Waals surface area (Å²) < 4.78 is 61.5. The number of nitrogens with zero attached hydrogens (tertiary/aromatic N) is 2. The predicted octanol–water partition coefficient (Wildman–Crippen LogP) is 1.79. The first kappa shape index (κ1) is 18.0. The lowest BCUT2D eigenvalue weighted by Crippen LogP contribution is -2.50. The van der Waals surface area contributed by atoms with Crippen molar-refractivity contribution in [3.63, 3.8) is 0 Å². The number of rotatable bonds is 2. The minimum atomic E-state index is -4.39. The molecule has 2 saturated heterocycles. The molecular formula is C16H19F3N2O3S. The first-order valence-corrected chi connectivity index (χ1v) is 9.89. The monoisotopic (exact) mass is 376 g/mol. The number of hydrogen-bond acceptors (Lipinski definition) is 4. The second-order valence-electron chi connectivity index (χ2n) is 6.46. The molecule has 2 heterocycles. The number of hydrogen-bond donors (Lipinski definition) is 0. The Labute approximate surface area is 144 Å². The fourth-order valence-electron chi connectivity index (χ4n) is 3.31. The molecule has 1 unspecified atom stereocenters. The van der Waals surface area contributed by atoms with Crippen LogP contribution in [-0.4, -0.2) is 56.9 Å². The molecule has 2 fully saturated rings. The van der Waals surface area contributed by atoms with Gasteiger partial charge in [-0.2, -0.15) is 13.2 Å². The lowest BCUT2D eigenvalue weighted by molar-refractivity contribution is -0.137. The van der Waals surface area contributed by atoms with Crippen molar-refractivity contribution in [2.75, 3.05) is 42.6 Å². The van der Waals surface area contributed by atoms with E-state index in [9.17, 15) is 26.4 Å². The third-order valence-corrected chi connectivity index (χ3v) is 6.48. The van der Waals surface area contributed by atoms with Crippen LogP contribution in [-0.2, 0) is 20.8 Å². The van der Waals surface area contributed by atoms with E-state index in [0.29, 0.717) is 38.3 Å². The fraction of sp³-hybridized carbons (Fsp3) is 0.562. The minimum Gasteiger partial charge on any atom is -0.368 e. The molecule has 5 nitrogen and oxygen atoms in total. The number of benzene rings is 1. The number of alkyl halides is 3. The van der Waals surface area contributed by atoms with Crippen LogP contribution in [0.2, 0.25) is 0 Å². The molecule has 2 aliphatic rings. The van der Waals surface area contributed by atoms with Gasteiger partial charge < -0.3 is 9.80 Å². The quantitative estimate of drug-likeness (QED) is 0.790. The predicted molar refractivity (Wildman–Crippen MR) is 87.0 cm³/mol. The number of anilines is 1. The van der Waals surface area contributed by atoms with Crippen LogP contribution in [0.4, 0.5) is 18.9 Å². The lowest BCUT2D eigenvalue weighted by Gasteiger charge is -2.37. The molecule has 138 valence electrons. The van der Waals surface area contributed by atoms with E-state index in [0.717, 1.165) is 12.1 Å². The van der Waals surface area contributed by atoms with Gasteiger partial charge in [0.25, 0.3) is 0 Å². The summed E-state index contributed by atoms with van der Waals surface area (Å²) >= 11 is 0. The second kappa shape index (κ2) is 6.51.